The van der Waals surface area contributed by atoms with Crippen molar-refractivity contribution in [3.05, 3.63) is 0 Å². The molecule has 20 heavy (non-hydrogen) atoms. The third-order valence-electron chi connectivity index (χ3n) is 3.61. The Labute approximate surface area is 119 Å². The molecule has 116 valence electrons. The molecule has 1 aliphatic carbocycles. The third kappa shape index (κ3) is 4.66. The molecule has 0 aromatic carbocycles. The summed E-state index contributed by atoms with van der Waals surface area (Å²) in [6, 6.07) is -0.624. The van der Waals surface area contributed by atoms with Crippen LogP contribution in [0, 0.1) is 0 Å². The van der Waals surface area contributed by atoms with Crippen molar-refractivity contribution < 1.29 is 23.1 Å². The quantitative estimate of drug-likeness (QED) is 0.662. The first-order valence-corrected chi connectivity index (χ1v) is 8.63. The Morgan fingerprint density at radius 1 is 1.20 bits per heavy atom. The molecule has 1 fully saturated rings. The minimum atomic E-state index is -3.14. The van der Waals surface area contributed by atoms with Gasteiger partial charge in [0.1, 0.15) is 5.54 Å². The van der Waals surface area contributed by atoms with Gasteiger partial charge in [0.15, 0.2) is 9.84 Å². The minimum Gasteiger partial charge on any atom is -0.480 e. The summed E-state index contributed by atoms with van der Waals surface area (Å²) in [5.41, 5.74) is -1.22. The van der Waals surface area contributed by atoms with Crippen LogP contribution in [0.5, 0.6) is 0 Å². The Bertz CT molecular complexity index is 454. The fourth-order valence-corrected chi connectivity index (χ4v) is 2.98. The van der Waals surface area contributed by atoms with Gasteiger partial charge in [-0.3, -0.25) is 0 Å². The van der Waals surface area contributed by atoms with Gasteiger partial charge in [-0.2, -0.15) is 0 Å². The van der Waals surface area contributed by atoms with Crippen LogP contribution in [0.4, 0.5) is 4.79 Å². The van der Waals surface area contributed by atoms with Crippen LogP contribution in [0.3, 0.4) is 0 Å². The molecule has 0 heterocycles. The lowest BCUT2D eigenvalue weighted by atomic mass is 9.82. The van der Waals surface area contributed by atoms with E-state index >= 15 is 0 Å². The normalized spacial score (nSPS) is 18.2. The largest absolute Gasteiger partial charge is 0.480 e. The molecule has 0 aromatic rings. The number of rotatable bonds is 6. The van der Waals surface area contributed by atoms with Crippen LogP contribution in [0.15, 0.2) is 0 Å². The fraction of sp³-hybridized carbons (Fsp3) is 0.833. The van der Waals surface area contributed by atoms with Crippen molar-refractivity contribution in [3.8, 4) is 0 Å². The fourth-order valence-electron chi connectivity index (χ4n) is 2.27. The van der Waals surface area contributed by atoms with E-state index in [4.69, 9.17) is 0 Å². The lowest BCUT2D eigenvalue weighted by molar-refractivity contribution is -0.145. The van der Waals surface area contributed by atoms with Gasteiger partial charge in [-0.15, -0.1) is 0 Å². The number of carbonyl (C=O) groups is 2. The summed E-state index contributed by atoms with van der Waals surface area (Å²) in [5.74, 6) is -1.15. The molecule has 1 saturated carbocycles. The van der Waals surface area contributed by atoms with Crippen molar-refractivity contribution in [2.45, 2.75) is 44.6 Å². The number of sulfone groups is 1. The number of carboxylic acids is 1. The average molecular weight is 306 g/mol. The number of carbonyl (C=O) groups excluding carboxylic acids is 1. The van der Waals surface area contributed by atoms with Crippen LogP contribution in [-0.2, 0) is 14.6 Å². The predicted octanol–water partition coefficient (Wildman–Crippen LogP) is 0.508. The lowest BCUT2D eigenvalue weighted by Crippen LogP contribution is -2.58. The van der Waals surface area contributed by atoms with Crippen LogP contribution in [-0.4, -0.2) is 49.1 Å². The smallest absolute Gasteiger partial charge is 0.329 e. The number of urea groups is 1. The Balaban J connectivity index is 2.49. The third-order valence-corrected chi connectivity index (χ3v) is 5.31. The Kier molecular flexibility index (Phi) is 5.79. The van der Waals surface area contributed by atoms with Crippen LogP contribution in [0.2, 0.25) is 0 Å². The molecule has 8 heteroatoms. The van der Waals surface area contributed by atoms with E-state index in [0.29, 0.717) is 12.8 Å². The number of hydrogen-bond acceptors (Lipinski definition) is 4. The first kappa shape index (κ1) is 16.7. The standard InChI is InChI=1S/C12H22N2O5S/c1-2-20(18,19)9-8-13-11(17)14-12(10(15)16)6-4-3-5-7-12/h2-9H2,1H3,(H,15,16)(H2,13,14,17). The highest BCUT2D eigenvalue weighted by molar-refractivity contribution is 7.91. The first-order chi connectivity index (χ1) is 9.31. The maximum Gasteiger partial charge on any atom is 0.329 e. The molecule has 0 bridgehead atoms. The molecule has 0 unspecified atom stereocenters. The van der Waals surface area contributed by atoms with Gasteiger partial charge in [0.05, 0.1) is 5.75 Å². The summed E-state index contributed by atoms with van der Waals surface area (Å²) >= 11 is 0. The van der Waals surface area contributed by atoms with E-state index < -0.39 is 27.4 Å². The van der Waals surface area contributed by atoms with Crippen LogP contribution >= 0.6 is 0 Å². The molecular formula is C12H22N2O5S. The Morgan fingerprint density at radius 2 is 1.80 bits per heavy atom. The molecule has 0 saturated heterocycles. The number of aliphatic carboxylic acids is 1. The second-order valence-corrected chi connectivity index (χ2v) is 7.54. The molecule has 0 spiro atoms. The Morgan fingerprint density at radius 3 is 2.30 bits per heavy atom. The summed E-state index contributed by atoms with van der Waals surface area (Å²) in [6.07, 6.45) is 3.30. The SMILES string of the molecule is CCS(=O)(=O)CCNC(=O)NC1(C(=O)O)CCCCC1. The van der Waals surface area contributed by atoms with E-state index in [1.165, 1.54) is 6.92 Å². The summed E-state index contributed by atoms with van der Waals surface area (Å²) in [6.45, 7) is 1.52. The number of hydrogen-bond donors (Lipinski definition) is 3. The van der Waals surface area contributed by atoms with Crippen molar-refractivity contribution in [2.75, 3.05) is 18.1 Å². The van der Waals surface area contributed by atoms with E-state index in [0.717, 1.165) is 19.3 Å². The lowest BCUT2D eigenvalue weighted by Gasteiger charge is -2.33. The Hall–Kier alpha value is -1.31. The van der Waals surface area contributed by atoms with Crippen molar-refractivity contribution >= 4 is 21.8 Å². The molecule has 1 rings (SSSR count). The number of carboxylic acid groups (broad SMARTS) is 1. The molecule has 0 atom stereocenters. The van der Waals surface area contributed by atoms with Gasteiger partial charge in [0, 0.05) is 12.3 Å². The molecule has 1 aliphatic rings. The molecule has 0 radical (unpaired) electrons. The second kappa shape index (κ2) is 6.92. The number of amides is 2. The number of nitrogens with one attached hydrogen (secondary N) is 2. The maximum absolute atomic E-state index is 11.7. The van der Waals surface area contributed by atoms with Gasteiger partial charge < -0.3 is 15.7 Å². The van der Waals surface area contributed by atoms with E-state index in [2.05, 4.69) is 10.6 Å². The minimum absolute atomic E-state index is 0.0162. The maximum atomic E-state index is 11.7. The van der Waals surface area contributed by atoms with Crippen LogP contribution in [0.25, 0.3) is 0 Å². The molecule has 3 N–H and O–H groups in total. The van der Waals surface area contributed by atoms with E-state index in [1.807, 2.05) is 0 Å². The van der Waals surface area contributed by atoms with Gasteiger partial charge in [0.2, 0.25) is 0 Å². The average Bonchev–Trinajstić information content (AvgIpc) is 2.39. The highest BCUT2D eigenvalue weighted by Gasteiger charge is 2.40. The monoisotopic (exact) mass is 306 g/mol. The van der Waals surface area contributed by atoms with E-state index in [1.54, 1.807) is 0 Å². The first-order valence-electron chi connectivity index (χ1n) is 6.81. The summed E-state index contributed by atoms with van der Waals surface area (Å²) < 4.78 is 22.6. The van der Waals surface area contributed by atoms with Crippen LogP contribution in [0.1, 0.15) is 39.0 Å². The van der Waals surface area contributed by atoms with E-state index in [9.17, 15) is 23.1 Å². The predicted molar refractivity (Wildman–Crippen MR) is 74.3 cm³/mol. The zero-order valence-electron chi connectivity index (χ0n) is 11.6. The van der Waals surface area contributed by atoms with Crippen LogP contribution < -0.4 is 10.6 Å². The molecule has 0 aromatic heterocycles. The van der Waals surface area contributed by atoms with E-state index in [-0.39, 0.29) is 18.1 Å². The van der Waals surface area contributed by atoms with Crippen molar-refractivity contribution in [1.29, 1.82) is 0 Å². The van der Waals surface area contributed by atoms with Gasteiger partial charge >= 0.3 is 12.0 Å². The van der Waals surface area contributed by atoms with Gasteiger partial charge in [-0.1, -0.05) is 26.2 Å². The van der Waals surface area contributed by atoms with Crippen molar-refractivity contribution in [1.82, 2.24) is 10.6 Å². The summed E-state index contributed by atoms with van der Waals surface area (Å²) in [7, 11) is -3.14. The molecule has 7 nitrogen and oxygen atoms in total. The van der Waals surface area contributed by atoms with Gasteiger partial charge in [-0.25, -0.2) is 18.0 Å². The van der Waals surface area contributed by atoms with Gasteiger partial charge in [0.25, 0.3) is 0 Å². The van der Waals surface area contributed by atoms with Gasteiger partial charge in [-0.05, 0) is 12.8 Å². The highest BCUT2D eigenvalue weighted by atomic mass is 32.2. The summed E-state index contributed by atoms with van der Waals surface area (Å²) in [5, 5.41) is 14.2. The zero-order valence-corrected chi connectivity index (χ0v) is 12.5. The zero-order chi connectivity index (χ0) is 15.2. The topological polar surface area (TPSA) is 113 Å². The van der Waals surface area contributed by atoms with Crippen molar-refractivity contribution in [3.63, 3.8) is 0 Å². The highest BCUT2D eigenvalue weighted by Crippen LogP contribution is 2.28. The molecule has 0 aliphatic heterocycles. The molecular weight excluding hydrogens is 284 g/mol. The summed E-state index contributed by atoms with van der Waals surface area (Å²) in [4.78, 5) is 23.1. The molecule has 2 amide bonds. The second-order valence-electron chi connectivity index (χ2n) is 5.07. The van der Waals surface area contributed by atoms with Crippen molar-refractivity contribution in [2.24, 2.45) is 0 Å².